The van der Waals surface area contributed by atoms with E-state index in [0.29, 0.717) is 22.8 Å². The van der Waals surface area contributed by atoms with E-state index >= 15 is 0 Å². The Kier molecular flexibility index (Phi) is 6.45. The molecule has 11 heteroatoms. The molecule has 0 unspecified atom stereocenters. The van der Waals surface area contributed by atoms with Crippen molar-refractivity contribution in [3.8, 4) is 5.75 Å². The zero-order valence-electron chi connectivity index (χ0n) is 16.8. The molecule has 0 aliphatic rings. The Bertz CT molecular complexity index is 1110. The van der Waals surface area contributed by atoms with Crippen molar-refractivity contribution in [2.24, 2.45) is 0 Å². The predicted octanol–water partition coefficient (Wildman–Crippen LogP) is 2.73. The number of anilines is 3. The molecule has 0 aliphatic heterocycles. The lowest BCUT2D eigenvalue weighted by Crippen LogP contribution is -2.19. The topological polar surface area (TPSA) is 140 Å². The van der Waals surface area contributed by atoms with E-state index in [0.717, 1.165) is 0 Å². The summed E-state index contributed by atoms with van der Waals surface area (Å²) in [6, 6.07) is 10.8. The normalized spacial score (nSPS) is 10.3. The molecule has 3 N–H and O–H groups in total. The second-order valence-corrected chi connectivity index (χ2v) is 6.39. The Labute approximate surface area is 177 Å². The van der Waals surface area contributed by atoms with E-state index in [1.54, 1.807) is 38.4 Å². The van der Waals surface area contributed by atoms with Crippen LogP contribution in [0.3, 0.4) is 0 Å². The molecule has 1 heterocycles. The van der Waals surface area contributed by atoms with Crippen LogP contribution in [-0.2, 0) is 11.3 Å². The molecule has 2 amide bonds. The molecule has 3 rings (SSSR count). The summed E-state index contributed by atoms with van der Waals surface area (Å²) in [7, 11) is 3.16. The second-order valence-electron chi connectivity index (χ2n) is 6.39. The molecule has 0 saturated carbocycles. The van der Waals surface area contributed by atoms with Crippen molar-refractivity contribution in [2.75, 3.05) is 30.1 Å². The Morgan fingerprint density at radius 2 is 1.87 bits per heavy atom. The summed E-state index contributed by atoms with van der Waals surface area (Å²) in [4.78, 5) is 35.2. The van der Waals surface area contributed by atoms with Crippen molar-refractivity contribution in [3.05, 3.63) is 70.5 Å². The van der Waals surface area contributed by atoms with Gasteiger partial charge in [-0.1, -0.05) is 0 Å². The SMILES string of the molecule is CNc1ccc([N+](=O)[O-])cc1C(=O)Nc1cnn(CC(=O)Nc2ccc(OC)cc2)c1. The number of nitrogens with one attached hydrogen (secondary N) is 3. The smallest absolute Gasteiger partial charge is 0.270 e. The van der Waals surface area contributed by atoms with Gasteiger partial charge in [0.2, 0.25) is 5.91 Å². The largest absolute Gasteiger partial charge is 0.497 e. The highest BCUT2D eigenvalue weighted by Gasteiger charge is 2.17. The predicted molar refractivity (Wildman–Crippen MR) is 114 cm³/mol. The van der Waals surface area contributed by atoms with Gasteiger partial charge in [-0.15, -0.1) is 0 Å². The number of amides is 2. The van der Waals surface area contributed by atoms with E-state index in [9.17, 15) is 19.7 Å². The van der Waals surface area contributed by atoms with Gasteiger partial charge >= 0.3 is 0 Å². The summed E-state index contributed by atoms with van der Waals surface area (Å²) >= 11 is 0. The van der Waals surface area contributed by atoms with E-state index in [-0.39, 0.29) is 23.7 Å². The van der Waals surface area contributed by atoms with Crippen LogP contribution in [0, 0.1) is 10.1 Å². The minimum Gasteiger partial charge on any atom is -0.497 e. The first-order valence-corrected chi connectivity index (χ1v) is 9.13. The highest BCUT2D eigenvalue weighted by molar-refractivity contribution is 6.08. The van der Waals surface area contributed by atoms with Crippen LogP contribution in [0.1, 0.15) is 10.4 Å². The van der Waals surface area contributed by atoms with Gasteiger partial charge < -0.3 is 20.7 Å². The lowest BCUT2D eigenvalue weighted by Gasteiger charge is -2.08. The van der Waals surface area contributed by atoms with Gasteiger partial charge in [-0.05, 0) is 30.3 Å². The fourth-order valence-corrected chi connectivity index (χ4v) is 2.79. The summed E-state index contributed by atoms with van der Waals surface area (Å²) in [5.74, 6) is -0.173. The number of carbonyl (C=O) groups is 2. The molecule has 0 aliphatic carbocycles. The second kappa shape index (κ2) is 9.39. The number of carbonyl (C=O) groups excluding carboxylic acids is 2. The van der Waals surface area contributed by atoms with E-state index < -0.39 is 10.8 Å². The van der Waals surface area contributed by atoms with Gasteiger partial charge in [0.05, 0.1) is 29.5 Å². The van der Waals surface area contributed by atoms with Gasteiger partial charge in [0.1, 0.15) is 12.3 Å². The summed E-state index contributed by atoms with van der Waals surface area (Å²) in [6.07, 6.45) is 2.87. The third-order valence-electron chi connectivity index (χ3n) is 4.30. The number of rotatable bonds is 8. The summed E-state index contributed by atoms with van der Waals surface area (Å²) in [5, 5.41) is 23.2. The fourth-order valence-electron chi connectivity index (χ4n) is 2.79. The minimum atomic E-state index is -0.574. The first-order valence-electron chi connectivity index (χ1n) is 9.13. The number of hydrogen-bond acceptors (Lipinski definition) is 7. The third kappa shape index (κ3) is 5.35. The molecule has 1 aromatic heterocycles. The molecular formula is C20H20N6O5. The maximum atomic E-state index is 12.6. The van der Waals surface area contributed by atoms with Gasteiger partial charge in [-0.3, -0.25) is 24.4 Å². The Morgan fingerprint density at radius 1 is 1.13 bits per heavy atom. The van der Waals surface area contributed by atoms with Crippen molar-refractivity contribution in [1.82, 2.24) is 9.78 Å². The highest BCUT2D eigenvalue weighted by Crippen LogP contribution is 2.23. The van der Waals surface area contributed by atoms with Gasteiger partial charge in [0.15, 0.2) is 0 Å². The van der Waals surface area contributed by atoms with E-state index in [2.05, 4.69) is 21.0 Å². The number of nitrogens with zero attached hydrogens (tertiary/aromatic N) is 3. The van der Waals surface area contributed by atoms with Crippen molar-refractivity contribution in [1.29, 1.82) is 0 Å². The molecule has 11 nitrogen and oxygen atoms in total. The van der Waals surface area contributed by atoms with Gasteiger partial charge in [0.25, 0.3) is 11.6 Å². The maximum absolute atomic E-state index is 12.6. The number of benzene rings is 2. The molecule has 0 atom stereocenters. The minimum absolute atomic E-state index is 0.0690. The van der Waals surface area contributed by atoms with Crippen molar-refractivity contribution < 1.29 is 19.2 Å². The molecule has 0 saturated heterocycles. The number of nitro groups is 1. The quantitative estimate of drug-likeness (QED) is 0.373. The van der Waals surface area contributed by atoms with Crippen LogP contribution >= 0.6 is 0 Å². The molecule has 0 bridgehead atoms. The average Bonchev–Trinajstić information content (AvgIpc) is 3.20. The van der Waals surface area contributed by atoms with E-state index in [1.165, 1.54) is 35.3 Å². The Morgan fingerprint density at radius 3 is 2.52 bits per heavy atom. The molecule has 31 heavy (non-hydrogen) atoms. The number of nitro benzene ring substituents is 1. The van der Waals surface area contributed by atoms with Crippen LogP contribution < -0.4 is 20.7 Å². The van der Waals surface area contributed by atoms with E-state index in [1.807, 2.05) is 0 Å². The standard InChI is InChI=1S/C20H20N6O5/c1-21-18-8-5-15(26(29)30)9-17(18)20(28)24-14-10-22-25(11-14)12-19(27)23-13-3-6-16(31-2)7-4-13/h3-11,21H,12H2,1-2H3,(H,23,27)(H,24,28). The molecule has 0 spiro atoms. The Balaban J connectivity index is 1.64. The van der Waals surface area contributed by atoms with Gasteiger partial charge in [0, 0.05) is 36.8 Å². The molecule has 3 aromatic rings. The van der Waals surface area contributed by atoms with Gasteiger partial charge in [-0.25, -0.2) is 0 Å². The summed E-state index contributed by atoms with van der Waals surface area (Å²) in [6.45, 7) is -0.0690. The van der Waals surface area contributed by atoms with E-state index in [4.69, 9.17) is 4.74 Å². The molecule has 0 radical (unpaired) electrons. The van der Waals surface area contributed by atoms with Crippen LogP contribution in [-0.4, -0.2) is 40.7 Å². The molecular weight excluding hydrogens is 404 g/mol. The van der Waals surface area contributed by atoms with Crippen molar-refractivity contribution >= 4 is 34.6 Å². The van der Waals surface area contributed by atoms with Gasteiger partial charge in [-0.2, -0.15) is 5.10 Å². The van der Waals surface area contributed by atoms with Crippen LogP contribution in [0.4, 0.5) is 22.7 Å². The molecule has 2 aromatic carbocycles. The Hall–Kier alpha value is -4.41. The average molecular weight is 424 g/mol. The molecule has 0 fully saturated rings. The number of methoxy groups -OCH3 is 1. The summed E-state index contributed by atoms with van der Waals surface area (Å²) in [5.41, 5.74) is 1.30. The van der Waals surface area contributed by atoms with Crippen LogP contribution in [0.15, 0.2) is 54.9 Å². The lowest BCUT2D eigenvalue weighted by atomic mass is 10.1. The fraction of sp³-hybridized carbons (Fsp3) is 0.150. The lowest BCUT2D eigenvalue weighted by molar-refractivity contribution is -0.384. The maximum Gasteiger partial charge on any atom is 0.270 e. The van der Waals surface area contributed by atoms with Crippen LogP contribution in [0.25, 0.3) is 0 Å². The number of ether oxygens (including phenoxy) is 1. The third-order valence-corrected chi connectivity index (χ3v) is 4.30. The first-order chi connectivity index (χ1) is 14.9. The summed E-state index contributed by atoms with van der Waals surface area (Å²) < 4.78 is 6.43. The zero-order chi connectivity index (χ0) is 22.4. The highest BCUT2D eigenvalue weighted by atomic mass is 16.6. The number of non-ortho nitro benzene ring substituents is 1. The van der Waals surface area contributed by atoms with Crippen LogP contribution in [0.5, 0.6) is 5.75 Å². The van der Waals surface area contributed by atoms with Crippen molar-refractivity contribution in [2.45, 2.75) is 6.54 Å². The first kappa shape index (κ1) is 21.3. The van der Waals surface area contributed by atoms with Crippen molar-refractivity contribution in [3.63, 3.8) is 0 Å². The molecule has 160 valence electrons. The number of aromatic nitrogens is 2. The monoisotopic (exact) mass is 424 g/mol. The number of hydrogen-bond donors (Lipinski definition) is 3. The zero-order valence-corrected chi connectivity index (χ0v) is 16.8. The van der Waals surface area contributed by atoms with Crippen LogP contribution in [0.2, 0.25) is 0 Å².